The summed E-state index contributed by atoms with van der Waals surface area (Å²) in [4.78, 5) is 10.1. The lowest BCUT2D eigenvalue weighted by Crippen LogP contribution is -2.48. The van der Waals surface area contributed by atoms with E-state index in [4.69, 9.17) is 4.98 Å². The first-order chi connectivity index (χ1) is 14.4. The van der Waals surface area contributed by atoms with Gasteiger partial charge >= 0.3 is 0 Å². The van der Waals surface area contributed by atoms with E-state index in [1.807, 2.05) is 0 Å². The van der Waals surface area contributed by atoms with Gasteiger partial charge in [0.2, 0.25) is 0 Å². The van der Waals surface area contributed by atoms with Gasteiger partial charge in [-0.3, -0.25) is 0 Å². The molecule has 0 saturated carbocycles. The van der Waals surface area contributed by atoms with Crippen molar-refractivity contribution in [3.05, 3.63) is 90.6 Å². The van der Waals surface area contributed by atoms with Gasteiger partial charge in [0.1, 0.15) is 6.17 Å². The second-order valence-electron chi connectivity index (χ2n) is 9.46. The van der Waals surface area contributed by atoms with Crippen molar-refractivity contribution < 1.29 is 0 Å². The summed E-state index contributed by atoms with van der Waals surface area (Å²) in [6.45, 7) is 13.2. The molecule has 0 saturated heterocycles. The van der Waals surface area contributed by atoms with Gasteiger partial charge in [-0.15, -0.1) is 6.58 Å². The fraction of sp³-hybridized carbons (Fsp3) is 0.296. The lowest BCUT2D eigenvalue weighted by atomic mass is 9.80. The number of hydrogen-bond acceptors (Lipinski definition) is 3. The van der Waals surface area contributed by atoms with Crippen LogP contribution in [-0.2, 0) is 5.41 Å². The van der Waals surface area contributed by atoms with Crippen LogP contribution in [0.4, 0.5) is 22.9 Å². The van der Waals surface area contributed by atoms with E-state index in [1.165, 1.54) is 22.6 Å². The van der Waals surface area contributed by atoms with E-state index in [0.717, 1.165) is 11.5 Å². The van der Waals surface area contributed by atoms with Crippen molar-refractivity contribution in [3.63, 3.8) is 0 Å². The fourth-order valence-electron chi connectivity index (χ4n) is 5.01. The van der Waals surface area contributed by atoms with Crippen LogP contribution in [0.3, 0.4) is 0 Å². The third-order valence-electron chi connectivity index (χ3n) is 6.52. The number of rotatable bonds is 2. The molecule has 1 aromatic heterocycles. The van der Waals surface area contributed by atoms with Gasteiger partial charge in [-0.25, -0.2) is 4.98 Å². The first-order valence-corrected chi connectivity index (χ1v) is 10.8. The molecule has 2 aromatic carbocycles. The molecular formula is C27H29N3. The van der Waals surface area contributed by atoms with Gasteiger partial charge in [0.15, 0.2) is 5.82 Å². The third-order valence-corrected chi connectivity index (χ3v) is 6.52. The van der Waals surface area contributed by atoms with Crippen LogP contribution >= 0.6 is 0 Å². The molecule has 0 spiro atoms. The number of pyridine rings is 1. The number of nitrogens with zero attached hydrogens (tertiary/aromatic N) is 3. The van der Waals surface area contributed by atoms with E-state index in [-0.39, 0.29) is 11.6 Å². The predicted molar refractivity (Wildman–Crippen MR) is 126 cm³/mol. The van der Waals surface area contributed by atoms with Gasteiger partial charge in [-0.05, 0) is 35.9 Å². The summed E-state index contributed by atoms with van der Waals surface area (Å²) in [5, 5.41) is 0. The topological polar surface area (TPSA) is 19.4 Å². The molecule has 0 radical (unpaired) electrons. The molecule has 152 valence electrons. The standard InChI is InChI=1S/C27H29N3/c1-6-20-18(2)26-29(19-12-8-7-9-13-19)23-16-17-24(27(3,4)5)28-25(23)30(26)22-15-11-10-14-21(20)22/h6-18,20,26H,1H2,2-5H3. The molecule has 2 aliphatic rings. The molecule has 30 heavy (non-hydrogen) atoms. The molecule has 3 heteroatoms. The summed E-state index contributed by atoms with van der Waals surface area (Å²) in [7, 11) is 0. The zero-order chi connectivity index (χ0) is 21.0. The highest BCUT2D eigenvalue weighted by Gasteiger charge is 2.48. The molecule has 5 rings (SSSR count). The average molecular weight is 396 g/mol. The van der Waals surface area contributed by atoms with Crippen molar-refractivity contribution in [2.24, 2.45) is 5.92 Å². The van der Waals surface area contributed by atoms with E-state index in [2.05, 4.69) is 117 Å². The van der Waals surface area contributed by atoms with E-state index in [9.17, 15) is 0 Å². The first kappa shape index (κ1) is 18.9. The quantitative estimate of drug-likeness (QED) is 0.439. The third kappa shape index (κ3) is 2.68. The Morgan fingerprint density at radius 2 is 1.57 bits per heavy atom. The van der Waals surface area contributed by atoms with Crippen LogP contribution in [-0.4, -0.2) is 11.1 Å². The van der Waals surface area contributed by atoms with Crippen molar-refractivity contribution in [2.45, 2.75) is 45.2 Å². The molecule has 2 aliphatic heterocycles. The molecular weight excluding hydrogens is 366 g/mol. The van der Waals surface area contributed by atoms with Gasteiger partial charge in [-0.2, -0.15) is 0 Å². The SMILES string of the molecule is C=CC1c2ccccc2N2c3nc(C(C)(C)C)ccc3N(c3ccccc3)C2C1C. The molecule has 0 N–H and O–H groups in total. The Morgan fingerprint density at radius 3 is 2.27 bits per heavy atom. The Balaban J connectivity index is 1.79. The van der Waals surface area contributed by atoms with Crippen LogP contribution in [0.5, 0.6) is 0 Å². The number of anilines is 4. The maximum Gasteiger partial charge on any atom is 0.159 e. The normalized spacial score (nSPS) is 22.3. The van der Waals surface area contributed by atoms with Crippen LogP contribution in [0.1, 0.15) is 44.9 Å². The van der Waals surface area contributed by atoms with Crippen molar-refractivity contribution in [3.8, 4) is 0 Å². The largest absolute Gasteiger partial charge is 0.317 e. The van der Waals surface area contributed by atoms with Gasteiger partial charge in [-0.1, -0.05) is 70.2 Å². The lowest BCUT2D eigenvalue weighted by molar-refractivity contribution is 0.409. The first-order valence-electron chi connectivity index (χ1n) is 10.8. The summed E-state index contributed by atoms with van der Waals surface area (Å²) >= 11 is 0. The molecule has 3 heterocycles. The number of aromatic nitrogens is 1. The highest BCUT2D eigenvalue weighted by atomic mass is 15.5. The summed E-state index contributed by atoms with van der Waals surface area (Å²) in [6.07, 6.45) is 2.27. The highest BCUT2D eigenvalue weighted by molar-refractivity contribution is 5.88. The van der Waals surface area contributed by atoms with Crippen LogP contribution in [0.15, 0.2) is 79.4 Å². The monoisotopic (exact) mass is 395 g/mol. The van der Waals surface area contributed by atoms with Gasteiger partial charge in [0.25, 0.3) is 0 Å². The molecule has 0 bridgehead atoms. The molecule has 3 aromatic rings. The number of benzene rings is 2. The molecule has 0 fully saturated rings. The van der Waals surface area contributed by atoms with Crippen molar-refractivity contribution in [2.75, 3.05) is 9.80 Å². The van der Waals surface area contributed by atoms with Crippen LogP contribution in [0, 0.1) is 5.92 Å². The van der Waals surface area contributed by atoms with Crippen molar-refractivity contribution in [1.82, 2.24) is 4.98 Å². The Hall–Kier alpha value is -3.07. The molecule has 3 unspecified atom stereocenters. The zero-order valence-corrected chi connectivity index (χ0v) is 18.2. The van der Waals surface area contributed by atoms with Gasteiger partial charge < -0.3 is 9.80 Å². The highest BCUT2D eigenvalue weighted by Crippen LogP contribution is 2.55. The minimum Gasteiger partial charge on any atom is -0.317 e. The van der Waals surface area contributed by atoms with E-state index >= 15 is 0 Å². The van der Waals surface area contributed by atoms with Gasteiger partial charge in [0.05, 0.1) is 5.69 Å². The lowest BCUT2D eigenvalue weighted by Gasteiger charge is -2.44. The van der Waals surface area contributed by atoms with Crippen LogP contribution in [0.25, 0.3) is 0 Å². The Morgan fingerprint density at radius 1 is 0.867 bits per heavy atom. The van der Waals surface area contributed by atoms with Crippen molar-refractivity contribution >= 4 is 22.9 Å². The van der Waals surface area contributed by atoms with Crippen molar-refractivity contribution in [1.29, 1.82) is 0 Å². The maximum atomic E-state index is 5.23. The Labute approximate surface area is 179 Å². The summed E-state index contributed by atoms with van der Waals surface area (Å²) in [6, 6.07) is 23.9. The number of para-hydroxylation sites is 2. The molecule has 0 amide bonds. The summed E-state index contributed by atoms with van der Waals surface area (Å²) < 4.78 is 0. The Bertz CT molecular complexity index is 1100. The minimum absolute atomic E-state index is 0.00470. The minimum atomic E-state index is -0.00470. The summed E-state index contributed by atoms with van der Waals surface area (Å²) in [5.74, 6) is 1.70. The smallest absolute Gasteiger partial charge is 0.159 e. The second-order valence-corrected chi connectivity index (χ2v) is 9.46. The zero-order valence-electron chi connectivity index (χ0n) is 18.2. The Kier molecular flexibility index (Phi) is 4.25. The number of allylic oxidation sites excluding steroid dienone is 1. The number of hydrogen-bond donors (Lipinski definition) is 0. The fourth-order valence-corrected chi connectivity index (χ4v) is 5.01. The molecule has 3 nitrogen and oxygen atoms in total. The predicted octanol–water partition coefficient (Wildman–Crippen LogP) is 6.91. The van der Waals surface area contributed by atoms with Crippen LogP contribution < -0.4 is 9.80 Å². The average Bonchev–Trinajstić information content (AvgIpc) is 3.09. The van der Waals surface area contributed by atoms with E-state index < -0.39 is 0 Å². The second kappa shape index (κ2) is 6.73. The maximum absolute atomic E-state index is 5.23. The van der Waals surface area contributed by atoms with E-state index in [1.54, 1.807) is 0 Å². The van der Waals surface area contributed by atoms with E-state index in [0.29, 0.717) is 11.8 Å². The molecule has 3 atom stereocenters. The van der Waals surface area contributed by atoms with Gasteiger partial charge in [0, 0.05) is 34.3 Å². The molecule has 0 aliphatic carbocycles. The summed E-state index contributed by atoms with van der Waals surface area (Å²) in [5.41, 5.74) is 6.06. The van der Waals surface area contributed by atoms with Crippen LogP contribution in [0.2, 0.25) is 0 Å². The number of fused-ring (bicyclic) bond motifs is 5.